The molecule has 0 amide bonds. The average molecular weight is 434 g/mol. The van der Waals surface area contributed by atoms with Crippen LogP contribution in [-0.4, -0.2) is 8.80 Å². The fraction of sp³-hybridized carbons (Fsp3) is 0.357. The summed E-state index contributed by atoms with van der Waals surface area (Å²) in [5.41, 5.74) is 4.21. The molecule has 1 radical (unpaired) electrons. The molecule has 0 spiro atoms. The molecule has 4 rings (SSSR count). The Morgan fingerprint density at radius 1 is 0.839 bits per heavy atom. The van der Waals surface area contributed by atoms with Gasteiger partial charge in [-0.15, -0.1) is 0 Å². The lowest BCUT2D eigenvalue weighted by Gasteiger charge is -2.28. The Kier molecular flexibility index (Phi) is 7.34. The van der Waals surface area contributed by atoms with Crippen LogP contribution in [0.3, 0.4) is 0 Å². The van der Waals surface area contributed by atoms with Crippen molar-refractivity contribution in [2.75, 3.05) is 0 Å². The molecular weight excluding hydrogens is 402 g/mol. The van der Waals surface area contributed by atoms with Gasteiger partial charge in [-0.3, -0.25) is 0 Å². The smallest absolute Gasteiger partial charge is 0.131 e. The summed E-state index contributed by atoms with van der Waals surface area (Å²) in [4.78, 5) is 0. The molecule has 1 heterocycles. The molecular formula is C28H31F2Si. The van der Waals surface area contributed by atoms with Crippen LogP contribution in [-0.2, 0) is 0 Å². The van der Waals surface area contributed by atoms with E-state index in [9.17, 15) is 4.39 Å². The molecule has 0 aromatic heterocycles. The van der Waals surface area contributed by atoms with Crippen molar-refractivity contribution in [1.82, 2.24) is 0 Å². The van der Waals surface area contributed by atoms with E-state index in [2.05, 4.69) is 19.1 Å². The third kappa shape index (κ3) is 5.33. The minimum Gasteiger partial charge on any atom is -0.207 e. The molecule has 3 aromatic rings. The summed E-state index contributed by atoms with van der Waals surface area (Å²) < 4.78 is 28.8. The molecule has 0 N–H and O–H groups in total. The topological polar surface area (TPSA) is 0 Å². The second-order valence-electron chi connectivity index (χ2n) is 8.78. The van der Waals surface area contributed by atoms with E-state index < -0.39 is 0 Å². The van der Waals surface area contributed by atoms with Gasteiger partial charge in [0, 0.05) is 14.4 Å². The van der Waals surface area contributed by atoms with Crippen LogP contribution < -0.4 is 0 Å². The fourth-order valence-corrected chi connectivity index (χ4v) is 7.91. The molecule has 161 valence electrons. The van der Waals surface area contributed by atoms with Gasteiger partial charge in [-0.1, -0.05) is 92.8 Å². The lowest BCUT2D eigenvalue weighted by atomic mass is 9.88. The van der Waals surface area contributed by atoms with Crippen LogP contribution in [0.1, 0.15) is 50.5 Å². The van der Waals surface area contributed by atoms with Gasteiger partial charge in [0.25, 0.3) is 0 Å². The maximum absolute atomic E-state index is 15.0. The lowest BCUT2D eigenvalue weighted by molar-refractivity contribution is 0.603. The zero-order valence-corrected chi connectivity index (χ0v) is 19.3. The highest BCUT2D eigenvalue weighted by molar-refractivity contribution is 6.59. The van der Waals surface area contributed by atoms with Crippen LogP contribution in [0, 0.1) is 11.6 Å². The van der Waals surface area contributed by atoms with Crippen molar-refractivity contribution in [3.63, 3.8) is 0 Å². The Labute approximate surface area is 186 Å². The van der Waals surface area contributed by atoms with Gasteiger partial charge in [0.05, 0.1) is 0 Å². The first kappa shape index (κ1) is 21.9. The molecule has 3 aromatic carbocycles. The van der Waals surface area contributed by atoms with Gasteiger partial charge < -0.3 is 0 Å². The Morgan fingerprint density at radius 3 is 2.35 bits per heavy atom. The maximum atomic E-state index is 15.0. The molecule has 1 aliphatic rings. The number of halogens is 2. The Morgan fingerprint density at radius 2 is 1.58 bits per heavy atom. The van der Waals surface area contributed by atoms with Gasteiger partial charge >= 0.3 is 0 Å². The predicted octanol–water partition coefficient (Wildman–Crippen LogP) is 8.86. The quantitative estimate of drug-likeness (QED) is 0.258. The first-order valence-corrected chi connectivity index (χ1v) is 13.8. The van der Waals surface area contributed by atoms with E-state index in [1.807, 2.05) is 24.3 Å². The Bertz CT molecular complexity index is 1010. The van der Waals surface area contributed by atoms with Crippen LogP contribution in [0.4, 0.5) is 8.78 Å². The second kappa shape index (κ2) is 10.4. The van der Waals surface area contributed by atoms with Crippen molar-refractivity contribution in [3.05, 3.63) is 83.9 Å². The minimum atomic E-state index is -0.305. The van der Waals surface area contributed by atoms with Crippen molar-refractivity contribution < 1.29 is 8.78 Å². The van der Waals surface area contributed by atoms with Crippen LogP contribution in [0.5, 0.6) is 0 Å². The van der Waals surface area contributed by atoms with Gasteiger partial charge in [-0.25, -0.2) is 8.78 Å². The molecule has 0 nitrogen and oxygen atoms in total. The van der Waals surface area contributed by atoms with Gasteiger partial charge in [-0.05, 0) is 59.2 Å². The van der Waals surface area contributed by atoms with Crippen molar-refractivity contribution in [3.8, 4) is 22.3 Å². The fourth-order valence-electron chi connectivity index (χ4n) is 4.90. The lowest BCUT2D eigenvalue weighted by Crippen LogP contribution is -2.20. The molecule has 3 heteroatoms. The van der Waals surface area contributed by atoms with E-state index in [1.165, 1.54) is 74.0 Å². The normalized spacial score (nSPS) is 15.3. The van der Waals surface area contributed by atoms with Crippen molar-refractivity contribution in [2.24, 2.45) is 0 Å². The van der Waals surface area contributed by atoms with Crippen molar-refractivity contribution in [2.45, 2.75) is 63.1 Å². The van der Waals surface area contributed by atoms with Crippen LogP contribution >= 0.6 is 0 Å². The monoisotopic (exact) mass is 433 g/mol. The first-order valence-electron chi connectivity index (χ1n) is 11.6. The summed E-state index contributed by atoms with van der Waals surface area (Å²) in [6, 6.07) is 24.2. The Balaban J connectivity index is 1.57. The predicted molar refractivity (Wildman–Crippen MR) is 129 cm³/mol. The molecule has 0 saturated carbocycles. The highest BCUT2D eigenvalue weighted by Crippen LogP contribution is 2.39. The van der Waals surface area contributed by atoms with Crippen molar-refractivity contribution >= 4 is 8.80 Å². The molecule has 0 atom stereocenters. The van der Waals surface area contributed by atoms with Crippen LogP contribution in [0.25, 0.3) is 22.3 Å². The zero-order chi connectivity index (χ0) is 21.6. The number of hydrogen-bond donors (Lipinski definition) is 0. The molecule has 1 saturated heterocycles. The minimum absolute atomic E-state index is 0.170. The van der Waals surface area contributed by atoms with Crippen LogP contribution in [0.15, 0.2) is 66.7 Å². The standard InChI is InChI=1S/C28H31F2Si/c1-2-3-4-16-31-17-14-21(15-18-31)22-8-5-10-24(19-22)28-26(12-7-13-27(28)30)23-9-6-11-25(29)20-23/h5-13,19-21H,2-4,14-18H2,1H3. The highest BCUT2D eigenvalue weighted by Gasteiger charge is 2.24. The van der Waals surface area contributed by atoms with Gasteiger partial charge in [-0.2, -0.15) is 0 Å². The largest absolute Gasteiger partial charge is 0.207 e. The van der Waals surface area contributed by atoms with Gasteiger partial charge in [0.15, 0.2) is 0 Å². The zero-order valence-electron chi connectivity index (χ0n) is 18.3. The van der Waals surface area contributed by atoms with E-state index in [0.717, 1.165) is 11.1 Å². The number of benzene rings is 3. The molecule has 1 aliphatic heterocycles. The summed E-state index contributed by atoms with van der Waals surface area (Å²) in [6.07, 6.45) is 6.60. The summed E-state index contributed by atoms with van der Waals surface area (Å²) >= 11 is 0. The molecule has 31 heavy (non-hydrogen) atoms. The van der Waals surface area contributed by atoms with E-state index in [-0.39, 0.29) is 20.4 Å². The highest BCUT2D eigenvalue weighted by atomic mass is 28.3. The summed E-state index contributed by atoms with van der Waals surface area (Å²) in [6.45, 7) is 2.27. The molecule has 0 aliphatic carbocycles. The summed E-state index contributed by atoms with van der Waals surface area (Å²) in [7, 11) is -0.170. The number of unbranched alkanes of at least 4 members (excludes halogenated alkanes) is 2. The first-order chi connectivity index (χ1) is 15.2. The Hall–Kier alpha value is -2.26. The van der Waals surface area contributed by atoms with Gasteiger partial charge in [0.2, 0.25) is 0 Å². The number of rotatable bonds is 7. The SMILES string of the molecule is CCCCC[Si]1CCC(c2cccc(-c3c(F)cccc3-c3cccc(F)c3)c2)CC1. The summed E-state index contributed by atoms with van der Waals surface area (Å²) in [5.74, 6) is 0.00783. The maximum Gasteiger partial charge on any atom is 0.131 e. The molecule has 0 unspecified atom stereocenters. The third-order valence-corrected chi connectivity index (χ3v) is 9.67. The van der Waals surface area contributed by atoms with Crippen LogP contribution in [0.2, 0.25) is 18.1 Å². The average Bonchev–Trinajstić information content (AvgIpc) is 2.80. The molecule has 0 bridgehead atoms. The number of hydrogen-bond acceptors (Lipinski definition) is 0. The second-order valence-corrected chi connectivity index (χ2v) is 11.8. The summed E-state index contributed by atoms with van der Waals surface area (Å²) in [5, 5.41) is 0. The van der Waals surface area contributed by atoms with E-state index >= 15 is 4.39 Å². The van der Waals surface area contributed by atoms with Crippen molar-refractivity contribution in [1.29, 1.82) is 0 Å². The van der Waals surface area contributed by atoms with E-state index in [0.29, 0.717) is 17.0 Å². The molecule has 1 fully saturated rings. The van der Waals surface area contributed by atoms with Gasteiger partial charge in [0.1, 0.15) is 11.6 Å². The van der Waals surface area contributed by atoms with E-state index in [4.69, 9.17) is 0 Å². The third-order valence-electron chi connectivity index (χ3n) is 6.62. The van der Waals surface area contributed by atoms with E-state index in [1.54, 1.807) is 12.1 Å².